The Bertz CT molecular complexity index is 156. The summed E-state index contributed by atoms with van der Waals surface area (Å²) < 4.78 is 6.28. The maximum atomic E-state index is 8.81. The standard InChI is InChI=1S/C10H26O3Si2.3CH4/c1-14(2,9-5-7-11)13-15(3,4)10-6-8-12;;;/h11-12H,5-10H2,1-4H3;3*1H4. The Kier molecular flexibility index (Phi) is 18.4. The molecule has 0 saturated heterocycles. The summed E-state index contributed by atoms with van der Waals surface area (Å²) in [6.07, 6.45) is 1.70. The first-order valence-electron chi connectivity index (χ1n) is 5.75. The molecule has 0 aliphatic heterocycles. The molecule has 0 fully saturated rings. The van der Waals surface area contributed by atoms with Crippen LogP contribution in [0.5, 0.6) is 0 Å². The summed E-state index contributed by atoms with van der Waals surface area (Å²) in [5, 5.41) is 17.6. The Hall–Kier alpha value is 0.314. The Labute approximate surface area is 118 Å². The largest absolute Gasteiger partial charge is 0.455 e. The molecule has 5 heteroatoms. The zero-order valence-corrected chi connectivity index (χ0v) is 12.5. The van der Waals surface area contributed by atoms with Gasteiger partial charge in [0.25, 0.3) is 0 Å². The first kappa shape index (κ1) is 26.8. The maximum Gasteiger partial charge on any atom is 0.173 e. The molecule has 116 valence electrons. The van der Waals surface area contributed by atoms with Crippen molar-refractivity contribution in [3.63, 3.8) is 0 Å². The zero-order chi connectivity index (χ0) is 11.9. The third-order valence-corrected chi connectivity index (χ3v) is 9.96. The normalized spacial score (nSPS) is 11.0. The molecule has 0 aliphatic carbocycles. The fraction of sp³-hybridized carbons (Fsp3) is 1.00. The SMILES string of the molecule is C.C.C.C[Si](C)(CCCO)O[Si](C)(C)CCCO. The minimum atomic E-state index is -1.59. The number of rotatable bonds is 8. The summed E-state index contributed by atoms with van der Waals surface area (Å²) in [6, 6.07) is 2.05. The Morgan fingerprint density at radius 2 is 1.00 bits per heavy atom. The molecular weight excluding hydrogens is 260 g/mol. The van der Waals surface area contributed by atoms with E-state index in [2.05, 4.69) is 26.2 Å². The van der Waals surface area contributed by atoms with Crippen LogP contribution in [-0.4, -0.2) is 40.1 Å². The van der Waals surface area contributed by atoms with E-state index in [1.54, 1.807) is 0 Å². The molecule has 0 aromatic rings. The molecule has 0 radical (unpaired) electrons. The van der Waals surface area contributed by atoms with Gasteiger partial charge in [-0.15, -0.1) is 0 Å². The molecule has 0 spiro atoms. The third-order valence-electron chi connectivity index (χ3n) is 2.43. The molecule has 0 aliphatic rings. The highest BCUT2D eigenvalue weighted by Crippen LogP contribution is 2.23. The van der Waals surface area contributed by atoms with Crippen LogP contribution < -0.4 is 0 Å². The van der Waals surface area contributed by atoms with Crippen molar-refractivity contribution in [1.82, 2.24) is 0 Å². The average molecular weight is 299 g/mol. The Morgan fingerprint density at radius 1 is 0.722 bits per heavy atom. The van der Waals surface area contributed by atoms with Gasteiger partial charge in [0.05, 0.1) is 0 Å². The number of hydrogen-bond donors (Lipinski definition) is 2. The van der Waals surface area contributed by atoms with E-state index in [0.717, 1.165) is 24.9 Å². The molecule has 3 nitrogen and oxygen atoms in total. The van der Waals surface area contributed by atoms with Crippen molar-refractivity contribution in [2.45, 2.75) is 73.4 Å². The summed E-state index contributed by atoms with van der Waals surface area (Å²) in [5.41, 5.74) is 0. The molecule has 0 aromatic carbocycles. The van der Waals surface area contributed by atoms with E-state index in [0.29, 0.717) is 0 Å². The molecule has 0 bridgehead atoms. The monoisotopic (exact) mass is 298 g/mol. The van der Waals surface area contributed by atoms with E-state index in [1.807, 2.05) is 0 Å². The summed E-state index contributed by atoms with van der Waals surface area (Å²) in [5.74, 6) is 0. The average Bonchev–Trinajstić information content (AvgIpc) is 2.10. The van der Waals surface area contributed by atoms with Gasteiger partial charge in [0.1, 0.15) is 0 Å². The van der Waals surface area contributed by atoms with Gasteiger partial charge in [-0.25, -0.2) is 0 Å². The third kappa shape index (κ3) is 14.4. The van der Waals surface area contributed by atoms with Crippen LogP contribution in [0.15, 0.2) is 0 Å². The van der Waals surface area contributed by atoms with Gasteiger partial charge >= 0.3 is 0 Å². The second-order valence-corrected chi connectivity index (χ2v) is 14.1. The fourth-order valence-electron chi connectivity index (χ4n) is 1.86. The van der Waals surface area contributed by atoms with Crippen molar-refractivity contribution in [3.05, 3.63) is 0 Å². The molecule has 0 atom stereocenters. The summed E-state index contributed by atoms with van der Waals surface area (Å²) in [7, 11) is -3.18. The molecule has 2 N–H and O–H groups in total. The second kappa shape index (κ2) is 12.4. The van der Waals surface area contributed by atoms with Crippen molar-refractivity contribution in [2.75, 3.05) is 13.2 Å². The van der Waals surface area contributed by atoms with Gasteiger partial charge in [-0.05, 0) is 51.1 Å². The minimum Gasteiger partial charge on any atom is -0.455 e. The second-order valence-electron chi connectivity index (χ2n) is 5.28. The van der Waals surface area contributed by atoms with E-state index in [-0.39, 0.29) is 35.5 Å². The lowest BCUT2D eigenvalue weighted by atomic mass is 10.5. The van der Waals surface area contributed by atoms with Crippen molar-refractivity contribution in [1.29, 1.82) is 0 Å². The highest BCUT2D eigenvalue weighted by molar-refractivity contribution is 6.84. The summed E-state index contributed by atoms with van der Waals surface area (Å²) >= 11 is 0. The number of aliphatic hydroxyl groups excluding tert-OH is 2. The summed E-state index contributed by atoms with van der Waals surface area (Å²) in [6.45, 7) is 9.40. The predicted molar refractivity (Wildman–Crippen MR) is 89.3 cm³/mol. The fourth-order valence-corrected chi connectivity index (χ4v) is 10.7. The van der Waals surface area contributed by atoms with E-state index >= 15 is 0 Å². The van der Waals surface area contributed by atoms with Gasteiger partial charge in [0, 0.05) is 13.2 Å². The topological polar surface area (TPSA) is 49.7 Å². The molecule has 0 amide bonds. The molecule has 18 heavy (non-hydrogen) atoms. The van der Waals surface area contributed by atoms with E-state index < -0.39 is 16.6 Å². The van der Waals surface area contributed by atoms with Crippen molar-refractivity contribution in [3.8, 4) is 0 Å². The van der Waals surface area contributed by atoms with E-state index in [1.165, 1.54) is 0 Å². The number of hydrogen-bond acceptors (Lipinski definition) is 3. The van der Waals surface area contributed by atoms with Crippen LogP contribution in [0.4, 0.5) is 0 Å². The molecule has 0 heterocycles. The molecule has 0 aromatic heterocycles. The first-order valence-corrected chi connectivity index (χ1v) is 12.0. The molecule has 0 saturated carbocycles. The Morgan fingerprint density at radius 3 is 1.22 bits per heavy atom. The van der Waals surface area contributed by atoms with E-state index in [9.17, 15) is 0 Å². The molecule has 0 unspecified atom stereocenters. The lowest BCUT2D eigenvalue weighted by Crippen LogP contribution is -2.44. The van der Waals surface area contributed by atoms with Crippen LogP contribution in [0.2, 0.25) is 38.3 Å². The molecular formula is C13H38O3Si2. The van der Waals surface area contributed by atoms with Gasteiger partial charge in [-0.3, -0.25) is 0 Å². The maximum absolute atomic E-state index is 8.81. The van der Waals surface area contributed by atoms with Gasteiger partial charge in [-0.2, -0.15) is 0 Å². The lowest BCUT2D eigenvalue weighted by Gasteiger charge is -2.34. The Balaban J connectivity index is -0.000000327. The van der Waals surface area contributed by atoms with Crippen molar-refractivity contribution < 1.29 is 14.3 Å². The molecule has 0 rings (SSSR count). The summed E-state index contributed by atoms with van der Waals surface area (Å²) in [4.78, 5) is 0. The predicted octanol–water partition coefficient (Wildman–Crippen LogP) is 4.09. The van der Waals surface area contributed by atoms with Crippen molar-refractivity contribution in [2.24, 2.45) is 0 Å². The van der Waals surface area contributed by atoms with Crippen LogP contribution in [0.1, 0.15) is 35.1 Å². The van der Waals surface area contributed by atoms with E-state index in [4.69, 9.17) is 14.3 Å². The highest BCUT2D eigenvalue weighted by Gasteiger charge is 2.31. The minimum absolute atomic E-state index is 0. The highest BCUT2D eigenvalue weighted by atomic mass is 28.4. The quantitative estimate of drug-likeness (QED) is 0.664. The zero-order valence-electron chi connectivity index (χ0n) is 10.5. The van der Waals surface area contributed by atoms with Crippen LogP contribution >= 0.6 is 0 Å². The van der Waals surface area contributed by atoms with Crippen LogP contribution in [0.3, 0.4) is 0 Å². The van der Waals surface area contributed by atoms with Crippen LogP contribution in [0.25, 0.3) is 0 Å². The smallest absolute Gasteiger partial charge is 0.173 e. The van der Waals surface area contributed by atoms with Gasteiger partial charge < -0.3 is 14.3 Å². The van der Waals surface area contributed by atoms with Gasteiger partial charge in [0.2, 0.25) is 0 Å². The van der Waals surface area contributed by atoms with Gasteiger partial charge in [-0.1, -0.05) is 22.3 Å². The number of aliphatic hydroxyl groups is 2. The van der Waals surface area contributed by atoms with Crippen LogP contribution in [-0.2, 0) is 4.12 Å². The first-order chi connectivity index (χ1) is 6.83. The van der Waals surface area contributed by atoms with Crippen molar-refractivity contribution >= 4 is 16.6 Å². The van der Waals surface area contributed by atoms with Gasteiger partial charge in [0.15, 0.2) is 16.6 Å². The van der Waals surface area contributed by atoms with Crippen LogP contribution in [0, 0.1) is 0 Å². The lowest BCUT2D eigenvalue weighted by molar-refractivity contribution is 0.290.